The molecule has 2 heterocycles. The number of amides is 1. The first-order valence-electron chi connectivity index (χ1n) is 12.4. The van der Waals surface area contributed by atoms with Gasteiger partial charge in [-0.2, -0.15) is 0 Å². The zero-order valence-corrected chi connectivity index (χ0v) is 23.3. The molecule has 0 N–H and O–H groups in total. The van der Waals surface area contributed by atoms with Crippen LogP contribution in [-0.2, 0) is 14.9 Å². The van der Waals surface area contributed by atoms with Gasteiger partial charge in [-0.3, -0.25) is 9.47 Å². The van der Waals surface area contributed by atoms with Crippen LogP contribution in [0.3, 0.4) is 0 Å². The Balaban J connectivity index is 2.20. The molecule has 0 unspecified atom stereocenters. The molecular weight excluding hydrogens is 456 g/mol. The van der Waals surface area contributed by atoms with Gasteiger partial charge < -0.3 is 14.2 Å². The lowest BCUT2D eigenvalue weighted by Crippen LogP contribution is -2.34. The third-order valence-electron chi connectivity index (χ3n) is 5.65. The van der Waals surface area contributed by atoms with Gasteiger partial charge in [0, 0.05) is 23.9 Å². The van der Waals surface area contributed by atoms with E-state index in [0.29, 0.717) is 24.4 Å². The molecule has 7 heteroatoms. The summed E-state index contributed by atoms with van der Waals surface area (Å²) in [6.07, 6.45) is 3.57. The van der Waals surface area contributed by atoms with Gasteiger partial charge in [0.25, 0.3) is 0 Å². The largest absolute Gasteiger partial charge is 0.495 e. The smallest absolute Gasteiger partial charge is 0.418 e. The van der Waals surface area contributed by atoms with Crippen LogP contribution in [0.4, 0.5) is 9.59 Å². The summed E-state index contributed by atoms with van der Waals surface area (Å²) in [6.45, 7) is 18.0. The number of methoxy groups -OCH3 is 1. The Bertz CT molecular complexity index is 1170. The number of benzene rings is 1. The molecular formula is C29H40N2O5. The molecule has 7 nitrogen and oxygen atoms in total. The van der Waals surface area contributed by atoms with Crippen molar-refractivity contribution in [1.82, 2.24) is 9.47 Å². The van der Waals surface area contributed by atoms with E-state index in [1.807, 2.05) is 65.8 Å². The molecule has 0 spiro atoms. The van der Waals surface area contributed by atoms with Crippen LogP contribution in [-0.4, -0.2) is 46.5 Å². The summed E-state index contributed by atoms with van der Waals surface area (Å²) in [5.41, 5.74) is 2.51. The summed E-state index contributed by atoms with van der Waals surface area (Å²) in [5, 5.41) is 0. The molecule has 2 aromatic rings. The number of hydrogen-bond donors (Lipinski definition) is 0. The summed E-state index contributed by atoms with van der Waals surface area (Å²) in [7, 11) is 1.60. The second-order valence-corrected chi connectivity index (χ2v) is 12.1. The zero-order chi connectivity index (χ0) is 27.1. The number of ether oxygens (including phenoxy) is 3. The van der Waals surface area contributed by atoms with Crippen molar-refractivity contribution in [2.75, 3.05) is 13.7 Å². The predicted molar refractivity (Wildman–Crippen MR) is 142 cm³/mol. The molecule has 1 amide bonds. The Morgan fingerprint density at radius 1 is 0.861 bits per heavy atom. The first-order valence-corrected chi connectivity index (χ1v) is 12.4. The van der Waals surface area contributed by atoms with E-state index in [0.717, 1.165) is 22.4 Å². The van der Waals surface area contributed by atoms with Crippen molar-refractivity contribution in [3.63, 3.8) is 0 Å². The van der Waals surface area contributed by atoms with Gasteiger partial charge in [-0.1, -0.05) is 26.8 Å². The second kappa shape index (κ2) is 9.68. The number of rotatable bonds is 3. The van der Waals surface area contributed by atoms with Gasteiger partial charge in [0.15, 0.2) is 0 Å². The van der Waals surface area contributed by atoms with E-state index in [1.54, 1.807) is 18.2 Å². The van der Waals surface area contributed by atoms with Crippen LogP contribution in [0.2, 0.25) is 0 Å². The minimum Gasteiger partial charge on any atom is -0.495 e. The molecule has 0 saturated heterocycles. The highest BCUT2D eigenvalue weighted by Gasteiger charge is 2.32. The first kappa shape index (κ1) is 27.4. The number of nitrogens with zero attached hydrogens (tertiary/aromatic N) is 2. The van der Waals surface area contributed by atoms with Crippen molar-refractivity contribution in [2.24, 2.45) is 0 Å². The van der Waals surface area contributed by atoms with Crippen LogP contribution >= 0.6 is 0 Å². The fourth-order valence-corrected chi connectivity index (χ4v) is 4.06. The Labute approximate surface area is 215 Å². The van der Waals surface area contributed by atoms with Crippen LogP contribution in [0.1, 0.15) is 79.9 Å². The third kappa shape index (κ3) is 6.12. The van der Waals surface area contributed by atoms with Gasteiger partial charge in [0.2, 0.25) is 0 Å². The van der Waals surface area contributed by atoms with E-state index >= 15 is 0 Å². The topological polar surface area (TPSA) is 70.0 Å². The minimum atomic E-state index is -0.635. The molecule has 0 aliphatic carbocycles. The maximum atomic E-state index is 13.1. The predicted octanol–water partition coefficient (Wildman–Crippen LogP) is 7.23. The van der Waals surface area contributed by atoms with Gasteiger partial charge >= 0.3 is 12.2 Å². The highest BCUT2D eigenvalue weighted by molar-refractivity contribution is 5.90. The van der Waals surface area contributed by atoms with Gasteiger partial charge in [0.1, 0.15) is 17.0 Å². The van der Waals surface area contributed by atoms with Crippen molar-refractivity contribution >= 4 is 17.9 Å². The number of carbonyl (C=O) groups is 2. The monoisotopic (exact) mass is 496 g/mol. The van der Waals surface area contributed by atoms with Crippen LogP contribution in [0.15, 0.2) is 36.5 Å². The standard InChI is InChI=1S/C29H40N2O5/c1-27(2,3)19-17-20(22-13-11-15-30(22)25(32)35-28(4,5)6)24(34-10)21(18-19)23-14-12-16-31(23)26(33)36-29(7,8)9/h11,13-15,17-18H,12,16H2,1-10H3. The summed E-state index contributed by atoms with van der Waals surface area (Å²) in [4.78, 5) is 27.8. The van der Waals surface area contributed by atoms with Crippen LogP contribution < -0.4 is 4.74 Å². The fourth-order valence-electron chi connectivity index (χ4n) is 4.06. The van der Waals surface area contributed by atoms with Crippen molar-refractivity contribution in [1.29, 1.82) is 0 Å². The lowest BCUT2D eigenvalue weighted by atomic mass is 9.83. The molecule has 0 radical (unpaired) electrons. The first-order chi connectivity index (χ1) is 16.5. The van der Waals surface area contributed by atoms with E-state index in [2.05, 4.69) is 26.8 Å². The number of hydrogen-bond acceptors (Lipinski definition) is 5. The molecule has 0 atom stereocenters. The minimum absolute atomic E-state index is 0.199. The van der Waals surface area contributed by atoms with Crippen LogP contribution in [0, 0.1) is 0 Å². The maximum Gasteiger partial charge on any atom is 0.418 e. The molecule has 0 saturated carbocycles. The third-order valence-corrected chi connectivity index (χ3v) is 5.65. The van der Waals surface area contributed by atoms with Crippen molar-refractivity contribution < 1.29 is 23.8 Å². The SMILES string of the molecule is COc1c(C2=CCCN2C(=O)OC(C)(C)C)cc(C(C)(C)C)cc1-c1cccn1C(=O)OC(C)(C)C. The highest BCUT2D eigenvalue weighted by atomic mass is 16.6. The number of carbonyl (C=O) groups excluding carboxylic acids is 2. The molecule has 1 aliphatic heterocycles. The molecule has 196 valence electrons. The summed E-state index contributed by atoms with van der Waals surface area (Å²) in [6, 6.07) is 7.79. The highest BCUT2D eigenvalue weighted by Crippen LogP contribution is 2.43. The Morgan fingerprint density at radius 2 is 1.44 bits per heavy atom. The quantitative estimate of drug-likeness (QED) is 0.448. The van der Waals surface area contributed by atoms with Crippen molar-refractivity contribution in [3.8, 4) is 17.0 Å². The molecule has 0 fully saturated rings. The summed E-state index contributed by atoms with van der Waals surface area (Å²) < 4.78 is 18.8. The number of aromatic nitrogens is 1. The molecule has 1 aromatic carbocycles. The van der Waals surface area contributed by atoms with Crippen molar-refractivity contribution in [3.05, 3.63) is 47.7 Å². The fraction of sp³-hybridized carbons (Fsp3) is 0.517. The Morgan fingerprint density at radius 3 is 2.00 bits per heavy atom. The summed E-state index contributed by atoms with van der Waals surface area (Å²) in [5.74, 6) is 0.577. The van der Waals surface area contributed by atoms with E-state index in [4.69, 9.17) is 14.2 Å². The van der Waals surface area contributed by atoms with Gasteiger partial charge in [0.05, 0.1) is 18.5 Å². The summed E-state index contributed by atoms with van der Waals surface area (Å²) >= 11 is 0. The lowest BCUT2D eigenvalue weighted by Gasteiger charge is -2.29. The molecule has 1 aromatic heterocycles. The Hall–Kier alpha value is -3.22. The van der Waals surface area contributed by atoms with E-state index in [9.17, 15) is 9.59 Å². The molecule has 36 heavy (non-hydrogen) atoms. The average Bonchev–Trinajstić information content (AvgIpc) is 3.39. The van der Waals surface area contributed by atoms with Gasteiger partial charge in [-0.05, 0) is 83.2 Å². The lowest BCUT2D eigenvalue weighted by molar-refractivity contribution is 0.0364. The average molecular weight is 497 g/mol. The van der Waals surface area contributed by atoms with E-state index in [1.165, 1.54) is 4.57 Å². The normalized spacial score (nSPS) is 14.5. The van der Waals surface area contributed by atoms with Crippen LogP contribution in [0.5, 0.6) is 5.75 Å². The van der Waals surface area contributed by atoms with Crippen molar-refractivity contribution in [2.45, 2.75) is 85.4 Å². The molecule has 0 bridgehead atoms. The Kier molecular flexibility index (Phi) is 7.36. The molecule has 1 aliphatic rings. The van der Waals surface area contributed by atoms with Gasteiger partial charge in [-0.25, -0.2) is 9.59 Å². The van der Waals surface area contributed by atoms with E-state index in [-0.39, 0.29) is 5.41 Å². The molecule has 3 rings (SSSR count). The second-order valence-electron chi connectivity index (χ2n) is 12.1. The van der Waals surface area contributed by atoms with Gasteiger partial charge in [-0.15, -0.1) is 0 Å². The van der Waals surface area contributed by atoms with Crippen LogP contribution in [0.25, 0.3) is 17.0 Å². The maximum absolute atomic E-state index is 13.1. The zero-order valence-electron chi connectivity index (χ0n) is 23.3. The van der Waals surface area contributed by atoms with E-state index < -0.39 is 23.4 Å².